The number of nitrogens with one attached hydrogen (secondary N) is 1. The predicted molar refractivity (Wildman–Crippen MR) is 81.8 cm³/mol. The van der Waals surface area contributed by atoms with Gasteiger partial charge in [-0.15, -0.1) is 0 Å². The van der Waals surface area contributed by atoms with Crippen molar-refractivity contribution in [3.63, 3.8) is 0 Å². The van der Waals surface area contributed by atoms with Gasteiger partial charge in [-0.25, -0.2) is 0 Å². The summed E-state index contributed by atoms with van der Waals surface area (Å²) < 4.78 is 5.07. The molecule has 0 atom stereocenters. The Hall–Kier alpha value is -2.62. The molecule has 4 heteroatoms. The molecule has 1 N–H and O–H groups in total. The number of Topliss-reactive ketones (excluding diaryl/α,β-unsaturated/α-hetero) is 1. The van der Waals surface area contributed by atoms with E-state index in [2.05, 4.69) is 5.32 Å². The molecular weight excluding hydrogens is 266 g/mol. The zero-order valence-corrected chi connectivity index (χ0v) is 12.1. The van der Waals surface area contributed by atoms with Crippen LogP contribution in [0.2, 0.25) is 0 Å². The van der Waals surface area contributed by atoms with Crippen molar-refractivity contribution < 1.29 is 14.3 Å². The number of ether oxygens (including phenoxy) is 1. The van der Waals surface area contributed by atoms with Crippen LogP contribution in [0.4, 0.5) is 5.69 Å². The Morgan fingerprint density at radius 3 is 2.43 bits per heavy atom. The van der Waals surface area contributed by atoms with E-state index in [1.165, 1.54) is 6.92 Å². The molecule has 0 aliphatic rings. The van der Waals surface area contributed by atoms with Gasteiger partial charge in [-0.3, -0.25) is 9.59 Å². The van der Waals surface area contributed by atoms with Gasteiger partial charge in [-0.2, -0.15) is 0 Å². The van der Waals surface area contributed by atoms with Crippen molar-refractivity contribution in [1.29, 1.82) is 0 Å². The molecule has 1 amide bonds. The van der Waals surface area contributed by atoms with Gasteiger partial charge in [-0.05, 0) is 36.8 Å². The van der Waals surface area contributed by atoms with Crippen LogP contribution in [0, 0.1) is 0 Å². The van der Waals surface area contributed by atoms with Crippen LogP contribution in [0.15, 0.2) is 48.5 Å². The molecule has 4 nitrogen and oxygen atoms in total. The number of methoxy groups -OCH3 is 1. The largest absolute Gasteiger partial charge is 0.497 e. The lowest BCUT2D eigenvalue weighted by Crippen LogP contribution is -2.14. The highest BCUT2D eigenvalue weighted by atomic mass is 16.5. The number of anilines is 1. The van der Waals surface area contributed by atoms with E-state index in [-0.39, 0.29) is 18.1 Å². The van der Waals surface area contributed by atoms with Crippen LogP contribution in [0.1, 0.15) is 22.8 Å². The molecule has 0 aliphatic carbocycles. The Morgan fingerprint density at radius 2 is 1.81 bits per heavy atom. The molecule has 0 unspecified atom stereocenters. The molecule has 0 fully saturated rings. The molecule has 0 heterocycles. The maximum atomic E-state index is 12.0. The fourth-order valence-corrected chi connectivity index (χ4v) is 1.95. The van der Waals surface area contributed by atoms with Crippen molar-refractivity contribution in [2.45, 2.75) is 13.3 Å². The quantitative estimate of drug-likeness (QED) is 0.858. The number of hydrogen-bond donors (Lipinski definition) is 1. The number of carbonyl (C=O) groups is 2. The van der Waals surface area contributed by atoms with E-state index >= 15 is 0 Å². The molecule has 2 aromatic carbocycles. The van der Waals surface area contributed by atoms with Crippen LogP contribution in [-0.4, -0.2) is 18.8 Å². The van der Waals surface area contributed by atoms with Gasteiger partial charge in [0.05, 0.1) is 13.5 Å². The molecule has 0 bridgehead atoms. The lowest BCUT2D eigenvalue weighted by Gasteiger charge is -2.07. The van der Waals surface area contributed by atoms with Gasteiger partial charge in [0.15, 0.2) is 5.78 Å². The minimum absolute atomic E-state index is 0.0266. The van der Waals surface area contributed by atoms with Gasteiger partial charge in [-0.1, -0.05) is 24.3 Å². The molecule has 0 aliphatic heterocycles. The number of ketones is 1. The van der Waals surface area contributed by atoms with E-state index in [9.17, 15) is 9.59 Å². The Morgan fingerprint density at radius 1 is 1.10 bits per heavy atom. The van der Waals surface area contributed by atoms with E-state index in [4.69, 9.17) is 4.74 Å². The van der Waals surface area contributed by atoms with Gasteiger partial charge in [0.1, 0.15) is 5.75 Å². The summed E-state index contributed by atoms with van der Waals surface area (Å²) in [7, 11) is 1.60. The van der Waals surface area contributed by atoms with Gasteiger partial charge < -0.3 is 10.1 Å². The molecule has 21 heavy (non-hydrogen) atoms. The second kappa shape index (κ2) is 6.70. The first-order valence-electron chi connectivity index (χ1n) is 6.62. The Kier molecular flexibility index (Phi) is 4.72. The number of amides is 1. The first kappa shape index (κ1) is 14.8. The Balaban J connectivity index is 2.00. The van der Waals surface area contributed by atoms with E-state index in [0.29, 0.717) is 11.3 Å². The third-order valence-corrected chi connectivity index (χ3v) is 3.08. The molecule has 2 aromatic rings. The molecule has 108 valence electrons. The summed E-state index contributed by atoms with van der Waals surface area (Å²) in [6.45, 7) is 1.50. The first-order valence-corrected chi connectivity index (χ1v) is 6.62. The van der Waals surface area contributed by atoms with Crippen LogP contribution in [0.3, 0.4) is 0 Å². The maximum absolute atomic E-state index is 12.0. The maximum Gasteiger partial charge on any atom is 0.228 e. The molecule has 0 spiro atoms. The van der Waals surface area contributed by atoms with Gasteiger partial charge in [0.2, 0.25) is 5.91 Å². The summed E-state index contributed by atoms with van der Waals surface area (Å²) in [6, 6.07) is 14.3. The number of hydrogen-bond acceptors (Lipinski definition) is 3. The average molecular weight is 283 g/mol. The normalized spacial score (nSPS) is 10.0. The summed E-state index contributed by atoms with van der Waals surface area (Å²) >= 11 is 0. The van der Waals surface area contributed by atoms with Crippen molar-refractivity contribution in [1.82, 2.24) is 0 Å². The topological polar surface area (TPSA) is 55.4 Å². The summed E-state index contributed by atoms with van der Waals surface area (Å²) in [5, 5.41) is 2.79. The van der Waals surface area contributed by atoms with Crippen LogP contribution in [0.25, 0.3) is 0 Å². The van der Waals surface area contributed by atoms with E-state index < -0.39 is 0 Å². The van der Waals surface area contributed by atoms with Gasteiger partial charge in [0, 0.05) is 11.3 Å². The first-order chi connectivity index (χ1) is 10.1. The number of rotatable bonds is 5. The smallest absolute Gasteiger partial charge is 0.228 e. The lowest BCUT2D eigenvalue weighted by atomic mass is 10.1. The SMILES string of the molecule is COc1ccc(CC(=O)Nc2cccc(C(C)=O)c2)cc1. The second-order valence-electron chi connectivity index (χ2n) is 4.71. The average Bonchev–Trinajstić information content (AvgIpc) is 2.48. The van der Waals surface area contributed by atoms with Gasteiger partial charge >= 0.3 is 0 Å². The summed E-state index contributed by atoms with van der Waals surface area (Å²) in [5.74, 6) is 0.607. The van der Waals surface area contributed by atoms with Crippen molar-refractivity contribution in [2.24, 2.45) is 0 Å². The molecule has 0 aromatic heterocycles. The third kappa shape index (κ3) is 4.18. The van der Waals surface area contributed by atoms with Gasteiger partial charge in [0.25, 0.3) is 0 Å². The van der Waals surface area contributed by atoms with Crippen molar-refractivity contribution in [3.8, 4) is 5.75 Å². The lowest BCUT2D eigenvalue weighted by molar-refractivity contribution is -0.115. The molecular formula is C17H17NO3. The highest BCUT2D eigenvalue weighted by Crippen LogP contribution is 2.14. The zero-order chi connectivity index (χ0) is 15.2. The second-order valence-corrected chi connectivity index (χ2v) is 4.71. The monoisotopic (exact) mass is 283 g/mol. The Bertz CT molecular complexity index is 647. The predicted octanol–water partition coefficient (Wildman–Crippen LogP) is 3.08. The van der Waals surface area contributed by atoms with E-state index in [0.717, 1.165) is 11.3 Å². The molecule has 0 saturated heterocycles. The van der Waals surface area contributed by atoms with Crippen LogP contribution < -0.4 is 10.1 Å². The van der Waals surface area contributed by atoms with Crippen LogP contribution >= 0.6 is 0 Å². The minimum atomic E-state index is -0.124. The van der Waals surface area contributed by atoms with E-state index in [1.54, 1.807) is 31.4 Å². The number of carbonyl (C=O) groups excluding carboxylic acids is 2. The van der Waals surface area contributed by atoms with E-state index in [1.807, 2.05) is 24.3 Å². The Labute approximate surface area is 123 Å². The van der Waals surface area contributed by atoms with Crippen molar-refractivity contribution >= 4 is 17.4 Å². The molecule has 0 radical (unpaired) electrons. The molecule has 2 rings (SSSR count). The highest BCUT2D eigenvalue weighted by molar-refractivity contribution is 5.97. The zero-order valence-electron chi connectivity index (χ0n) is 12.1. The van der Waals surface area contributed by atoms with Crippen molar-refractivity contribution in [2.75, 3.05) is 12.4 Å². The molecule has 0 saturated carbocycles. The fraction of sp³-hybridized carbons (Fsp3) is 0.176. The third-order valence-electron chi connectivity index (χ3n) is 3.08. The van der Waals surface area contributed by atoms with Crippen molar-refractivity contribution in [3.05, 3.63) is 59.7 Å². The van der Waals surface area contributed by atoms with Crippen LogP contribution in [0.5, 0.6) is 5.75 Å². The fourth-order valence-electron chi connectivity index (χ4n) is 1.95. The number of benzene rings is 2. The van der Waals surface area contributed by atoms with Crippen LogP contribution in [-0.2, 0) is 11.2 Å². The highest BCUT2D eigenvalue weighted by Gasteiger charge is 2.06. The standard InChI is InChI=1S/C17H17NO3/c1-12(19)14-4-3-5-15(11-14)18-17(20)10-13-6-8-16(21-2)9-7-13/h3-9,11H,10H2,1-2H3,(H,18,20). The summed E-state index contributed by atoms with van der Waals surface area (Å²) in [4.78, 5) is 23.3. The summed E-state index contributed by atoms with van der Waals surface area (Å²) in [5.41, 5.74) is 2.11. The minimum Gasteiger partial charge on any atom is -0.497 e. The summed E-state index contributed by atoms with van der Waals surface area (Å²) in [6.07, 6.45) is 0.272.